The summed E-state index contributed by atoms with van der Waals surface area (Å²) in [5.74, 6) is -0.844. The average Bonchev–Trinajstić information content (AvgIpc) is 2.32. The smallest absolute Gasteiger partial charge is 0.292 e. The zero-order valence-electron chi connectivity index (χ0n) is 10.7. The first-order valence-corrected chi connectivity index (χ1v) is 7.48. The summed E-state index contributed by atoms with van der Waals surface area (Å²) in [6.45, 7) is 2.86. The molecule has 1 aromatic carbocycles. The number of hydrogen-bond donors (Lipinski definition) is 1. The number of nitro groups is 1. The van der Waals surface area contributed by atoms with Gasteiger partial charge in [-0.05, 0) is 12.1 Å². The summed E-state index contributed by atoms with van der Waals surface area (Å²) < 4.78 is 39.3. The van der Waals surface area contributed by atoms with Crippen LogP contribution in [0.4, 0.5) is 10.1 Å². The number of nitrogens with one attached hydrogen (secondary N) is 1. The maximum atomic E-state index is 13.1. The lowest BCUT2D eigenvalue weighted by Crippen LogP contribution is -2.58. The Kier molecular flexibility index (Phi) is 4.02. The molecule has 1 fully saturated rings. The van der Waals surface area contributed by atoms with Crippen molar-refractivity contribution in [3.05, 3.63) is 34.1 Å². The van der Waals surface area contributed by atoms with E-state index in [0.717, 1.165) is 12.1 Å². The van der Waals surface area contributed by atoms with Crippen molar-refractivity contribution in [3.8, 4) is 0 Å². The van der Waals surface area contributed by atoms with E-state index in [0.29, 0.717) is 19.2 Å². The summed E-state index contributed by atoms with van der Waals surface area (Å²) in [6, 6.07) is 2.25. The molecule has 0 aromatic heterocycles. The van der Waals surface area contributed by atoms with Crippen molar-refractivity contribution in [2.75, 3.05) is 19.6 Å². The fraction of sp³-hybridized carbons (Fsp3) is 0.455. The Hall–Kier alpha value is -1.58. The zero-order valence-corrected chi connectivity index (χ0v) is 11.6. The van der Waals surface area contributed by atoms with E-state index in [1.807, 2.05) is 0 Å². The molecule has 0 bridgehead atoms. The largest absolute Gasteiger partial charge is 0.313 e. The Labute approximate surface area is 115 Å². The standard InChI is InChI=1S/C11H14FN3O4S/c1-2-14(9-6-13-7-9)20(18,19)11-4-3-8(12)5-10(11)15(16)17/h3-5,9,13H,2,6-7H2,1H3. The first-order valence-electron chi connectivity index (χ1n) is 6.04. The van der Waals surface area contributed by atoms with Gasteiger partial charge in [0.25, 0.3) is 5.69 Å². The number of benzene rings is 1. The molecule has 7 nitrogen and oxygen atoms in total. The van der Waals surface area contributed by atoms with Crippen molar-refractivity contribution in [3.63, 3.8) is 0 Å². The molecule has 1 aliphatic heterocycles. The molecule has 0 unspecified atom stereocenters. The van der Waals surface area contributed by atoms with Gasteiger partial charge in [0.2, 0.25) is 10.0 Å². The van der Waals surface area contributed by atoms with Crippen molar-refractivity contribution in [2.45, 2.75) is 17.9 Å². The maximum Gasteiger partial charge on any atom is 0.292 e. The number of halogens is 1. The van der Waals surface area contributed by atoms with Crippen LogP contribution in [-0.2, 0) is 10.0 Å². The molecule has 1 N–H and O–H groups in total. The second kappa shape index (κ2) is 5.43. The van der Waals surface area contributed by atoms with Crippen molar-refractivity contribution in [1.29, 1.82) is 0 Å². The lowest BCUT2D eigenvalue weighted by molar-refractivity contribution is -0.388. The van der Waals surface area contributed by atoms with E-state index in [2.05, 4.69) is 5.32 Å². The van der Waals surface area contributed by atoms with Crippen LogP contribution in [-0.4, -0.2) is 43.3 Å². The second-order valence-electron chi connectivity index (χ2n) is 4.39. The maximum absolute atomic E-state index is 13.1. The van der Waals surface area contributed by atoms with Gasteiger partial charge in [-0.1, -0.05) is 6.92 Å². The zero-order chi connectivity index (χ0) is 14.9. The number of sulfonamides is 1. The summed E-state index contributed by atoms with van der Waals surface area (Å²) in [6.07, 6.45) is 0. The summed E-state index contributed by atoms with van der Waals surface area (Å²) >= 11 is 0. The number of nitrogens with zero attached hydrogens (tertiary/aromatic N) is 2. The Morgan fingerprint density at radius 1 is 1.50 bits per heavy atom. The third kappa shape index (κ3) is 2.51. The molecule has 0 aliphatic carbocycles. The summed E-state index contributed by atoms with van der Waals surface area (Å²) in [7, 11) is -4.02. The van der Waals surface area contributed by atoms with Gasteiger partial charge in [-0.15, -0.1) is 0 Å². The highest BCUT2D eigenvalue weighted by Gasteiger charge is 2.37. The Bertz CT molecular complexity index is 631. The number of hydrogen-bond acceptors (Lipinski definition) is 5. The molecular weight excluding hydrogens is 289 g/mol. The van der Waals surface area contributed by atoms with Gasteiger partial charge in [-0.2, -0.15) is 4.31 Å². The van der Waals surface area contributed by atoms with Crippen molar-refractivity contribution >= 4 is 15.7 Å². The SMILES string of the molecule is CCN(C1CNC1)S(=O)(=O)c1ccc(F)cc1[N+](=O)[O-]. The average molecular weight is 303 g/mol. The van der Waals surface area contributed by atoms with Crippen LogP contribution in [0, 0.1) is 15.9 Å². The molecule has 0 spiro atoms. The summed E-state index contributed by atoms with van der Waals surface area (Å²) in [4.78, 5) is 9.57. The minimum absolute atomic E-state index is 0.198. The number of rotatable bonds is 5. The normalized spacial score (nSPS) is 16.1. The van der Waals surface area contributed by atoms with Gasteiger partial charge >= 0.3 is 0 Å². The monoisotopic (exact) mass is 303 g/mol. The first-order chi connectivity index (χ1) is 9.37. The first kappa shape index (κ1) is 14.8. The molecule has 9 heteroatoms. The van der Waals surface area contributed by atoms with Gasteiger partial charge in [0.15, 0.2) is 4.90 Å². The molecule has 1 aliphatic rings. The summed E-state index contributed by atoms with van der Waals surface area (Å²) in [5, 5.41) is 13.9. The van der Waals surface area contributed by atoms with Gasteiger partial charge in [-0.25, -0.2) is 12.8 Å². The molecule has 1 aromatic rings. The van der Waals surface area contributed by atoms with Gasteiger partial charge < -0.3 is 5.32 Å². The molecule has 20 heavy (non-hydrogen) atoms. The van der Waals surface area contributed by atoms with Crippen LogP contribution >= 0.6 is 0 Å². The lowest BCUT2D eigenvalue weighted by atomic mass is 10.2. The molecule has 0 atom stereocenters. The predicted octanol–water partition coefficient (Wildman–Crippen LogP) is 0.716. The fourth-order valence-electron chi connectivity index (χ4n) is 2.08. The van der Waals surface area contributed by atoms with E-state index in [1.165, 1.54) is 4.31 Å². The van der Waals surface area contributed by atoms with Gasteiger partial charge in [0.05, 0.1) is 17.0 Å². The fourth-order valence-corrected chi connectivity index (χ4v) is 3.85. The van der Waals surface area contributed by atoms with Crippen LogP contribution < -0.4 is 5.32 Å². The quantitative estimate of drug-likeness (QED) is 0.639. The second-order valence-corrected chi connectivity index (χ2v) is 6.25. The molecule has 2 rings (SSSR count). The lowest BCUT2D eigenvalue weighted by Gasteiger charge is -2.36. The van der Waals surface area contributed by atoms with Gasteiger partial charge in [0, 0.05) is 19.6 Å². The topological polar surface area (TPSA) is 92.6 Å². The van der Waals surface area contributed by atoms with E-state index in [9.17, 15) is 22.9 Å². The predicted molar refractivity (Wildman–Crippen MR) is 69.3 cm³/mol. The van der Waals surface area contributed by atoms with Crippen LogP contribution in [0.25, 0.3) is 0 Å². The molecule has 0 saturated carbocycles. The molecule has 1 saturated heterocycles. The van der Waals surface area contributed by atoms with Crippen LogP contribution in [0.1, 0.15) is 6.92 Å². The Morgan fingerprint density at radius 2 is 2.15 bits per heavy atom. The van der Waals surface area contributed by atoms with Gasteiger partial charge in [-0.3, -0.25) is 10.1 Å². The molecular formula is C11H14FN3O4S. The minimum atomic E-state index is -4.02. The number of nitro benzene ring substituents is 1. The molecule has 1 heterocycles. The Morgan fingerprint density at radius 3 is 2.60 bits per heavy atom. The van der Waals surface area contributed by atoms with Crippen molar-refractivity contribution in [1.82, 2.24) is 9.62 Å². The van der Waals surface area contributed by atoms with Crippen molar-refractivity contribution < 1.29 is 17.7 Å². The minimum Gasteiger partial charge on any atom is -0.313 e. The van der Waals surface area contributed by atoms with E-state index >= 15 is 0 Å². The molecule has 110 valence electrons. The van der Waals surface area contributed by atoms with Crippen LogP contribution in [0.3, 0.4) is 0 Å². The van der Waals surface area contributed by atoms with Crippen molar-refractivity contribution in [2.24, 2.45) is 0 Å². The van der Waals surface area contributed by atoms with E-state index in [1.54, 1.807) is 6.92 Å². The highest BCUT2D eigenvalue weighted by molar-refractivity contribution is 7.89. The van der Waals surface area contributed by atoms with E-state index in [4.69, 9.17) is 0 Å². The van der Waals surface area contributed by atoms with E-state index in [-0.39, 0.29) is 12.6 Å². The third-order valence-corrected chi connectivity index (χ3v) is 5.26. The Balaban J connectivity index is 2.50. The van der Waals surface area contributed by atoms with Crippen LogP contribution in [0.15, 0.2) is 23.1 Å². The summed E-state index contributed by atoms with van der Waals surface area (Å²) in [5.41, 5.74) is -0.740. The van der Waals surface area contributed by atoms with Crippen LogP contribution in [0.5, 0.6) is 0 Å². The highest BCUT2D eigenvalue weighted by Crippen LogP contribution is 2.28. The molecule has 0 radical (unpaired) electrons. The third-order valence-electron chi connectivity index (χ3n) is 3.18. The highest BCUT2D eigenvalue weighted by atomic mass is 32.2. The molecule has 0 amide bonds. The van der Waals surface area contributed by atoms with Crippen LogP contribution in [0.2, 0.25) is 0 Å². The number of likely N-dealkylation sites (N-methyl/N-ethyl adjacent to an activating group) is 1. The van der Waals surface area contributed by atoms with Gasteiger partial charge in [0.1, 0.15) is 5.82 Å². The van der Waals surface area contributed by atoms with E-state index < -0.39 is 31.3 Å².